The second-order valence-corrected chi connectivity index (χ2v) is 8.20. The largest absolute Gasteiger partial charge is 0.432 e. The molecule has 0 aliphatic carbocycles. The summed E-state index contributed by atoms with van der Waals surface area (Å²) in [6.07, 6.45) is -0.752. The van der Waals surface area contributed by atoms with Crippen LogP contribution in [0.4, 0.5) is 18.9 Å². The average molecular weight is 505 g/mol. The molecule has 4 heterocycles. The van der Waals surface area contributed by atoms with Crippen LogP contribution in [0.3, 0.4) is 0 Å². The number of hydrogen-bond donors (Lipinski definition) is 1. The number of carbonyl (C=O) groups is 1. The molecule has 0 saturated heterocycles. The Hall–Kier alpha value is -3.84. The van der Waals surface area contributed by atoms with Gasteiger partial charge >= 0.3 is 6.18 Å². The van der Waals surface area contributed by atoms with Crippen molar-refractivity contribution in [2.24, 2.45) is 0 Å². The second-order valence-electron chi connectivity index (χ2n) is 7.04. The molecule has 5 aromatic rings. The number of fused-ring (bicyclic) bond motifs is 1. The Bertz CT molecular complexity index is 1530. The number of amides is 1. The van der Waals surface area contributed by atoms with E-state index < -0.39 is 23.3 Å². The summed E-state index contributed by atoms with van der Waals surface area (Å²) in [7, 11) is 0. The topological polar surface area (TPSA) is 103 Å². The van der Waals surface area contributed by atoms with Crippen LogP contribution in [0.1, 0.15) is 21.7 Å². The molecule has 4 aromatic heterocycles. The van der Waals surface area contributed by atoms with Gasteiger partial charge in [-0.25, -0.2) is 4.98 Å². The minimum Gasteiger partial charge on any atom is -0.320 e. The minimum absolute atomic E-state index is 0.107. The number of rotatable bonds is 4. The lowest BCUT2D eigenvalue weighted by molar-refractivity contribution is -0.142. The zero-order chi connectivity index (χ0) is 24.0. The van der Waals surface area contributed by atoms with Crippen LogP contribution in [-0.2, 0) is 6.18 Å². The minimum atomic E-state index is -4.82. The van der Waals surface area contributed by atoms with Crippen LogP contribution in [0, 0.1) is 6.92 Å². The number of pyridine rings is 1. The molecule has 0 unspecified atom stereocenters. The van der Waals surface area contributed by atoms with Crippen molar-refractivity contribution in [3.8, 4) is 11.5 Å². The number of hydrogen-bond acceptors (Lipinski definition) is 7. The number of nitrogens with zero attached hydrogens (tertiary/aromatic N) is 7. The van der Waals surface area contributed by atoms with Crippen molar-refractivity contribution < 1.29 is 18.0 Å². The molecule has 0 aliphatic heterocycles. The number of nitrogens with one attached hydrogen (secondary N) is 1. The van der Waals surface area contributed by atoms with Gasteiger partial charge in [0.25, 0.3) is 5.91 Å². The third-order valence-corrected chi connectivity index (χ3v) is 5.96. The maximum atomic E-state index is 14.1. The van der Waals surface area contributed by atoms with E-state index in [-0.39, 0.29) is 22.2 Å². The van der Waals surface area contributed by atoms with Crippen LogP contribution >= 0.6 is 23.1 Å². The Morgan fingerprint density at radius 3 is 2.68 bits per heavy atom. The Morgan fingerprint density at radius 1 is 1.18 bits per heavy atom. The van der Waals surface area contributed by atoms with Crippen molar-refractivity contribution >= 4 is 44.9 Å². The highest BCUT2D eigenvalue weighted by Crippen LogP contribution is 2.37. The molecular formula is C20H12ClF3N8OS. The van der Waals surface area contributed by atoms with E-state index in [0.717, 1.165) is 22.2 Å². The number of alkyl halides is 3. The van der Waals surface area contributed by atoms with E-state index in [1.54, 1.807) is 19.1 Å². The molecule has 0 bridgehead atoms. The molecule has 1 amide bonds. The smallest absolute Gasteiger partial charge is 0.320 e. The van der Waals surface area contributed by atoms with Gasteiger partial charge in [-0.2, -0.15) is 23.4 Å². The van der Waals surface area contributed by atoms with Crippen LogP contribution < -0.4 is 5.32 Å². The molecule has 0 atom stereocenters. The first-order chi connectivity index (χ1) is 16.2. The van der Waals surface area contributed by atoms with E-state index in [2.05, 4.69) is 30.1 Å². The molecule has 0 fully saturated rings. The molecule has 0 saturated carbocycles. The molecule has 0 spiro atoms. The monoisotopic (exact) mass is 504 g/mol. The number of carbonyl (C=O) groups excluding carboxylic acids is 1. The van der Waals surface area contributed by atoms with E-state index in [1.807, 2.05) is 0 Å². The number of aryl methyl sites for hydroxylation is 1. The van der Waals surface area contributed by atoms with E-state index in [1.165, 1.54) is 35.5 Å². The highest BCUT2D eigenvalue weighted by molar-refractivity contribution is 7.13. The van der Waals surface area contributed by atoms with Gasteiger partial charge in [0.2, 0.25) is 0 Å². The van der Waals surface area contributed by atoms with Crippen molar-refractivity contribution in [3.05, 3.63) is 70.9 Å². The van der Waals surface area contributed by atoms with E-state index in [9.17, 15) is 18.0 Å². The summed E-state index contributed by atoms with van der Waals surface area (Å²) in [6, 6.07) is 7.22. The highest BCUT2D eigenvalue weighted by Gasteiger charge is 2.40. The first-order valence-electron chi connectivity index (χ1n) is 9.59. The Morgan fingerprint density at radius 2 is 1.94 bits per heavy atom. The predicted molar refractivity (Wildman–Crippen MR) is 119 cm³/mol. The van der Waals surface area contributed by atoms with Gasteiger partial charge in [-0.15, -0.1) is 9.90 Å². The second kappa shape index (κ2) is 8.18. The summed E-state index contributed by atoms with van der Waals surface area (Å²) in [5.41, 5.74) is -0.538. The third kappa shape index (κ3) is 3.78. The van der Waals surface area contributed by atoms with Gasteiger partial charge in [0.1, 0.15) is 11.2 Å². The Kier molecular flexibility index (Phi) is 5.29. The third-order valence-electron chi connectivity index (χ3n) is 4.92. The molecule has 172 valence electrons. The van der Waals surface area contributed by atoms with Crippen molar-refractivity contribution in [2.75, 3.05) is 5.32 Å². The fourth-order valence-electron chi connectivity index (χ4n) is 3.44. The van der Waals surface area contributed by atoms with Crippen molar-refractivity contribution in [1.82, 2.24) is 34.1 Å². The highest BCUT2D eigenvalue weighted by atomic mass is 35.5. The quantitative estimate of drug-likeness (QED) is 0.381. The van der Waals surface area contributed by atoms with E-state index in [0.29, 0.717) is 15.9 Å². The zero-order valence-electron chi connectivity index (χ0n) is 17.1. The lowest BCUT2D eigenvalue weighted by Gasteiger charge is -2.15. The summed E-state index contributed by atoms with van der Waals surface area (Å²) < 4.78 is 47.6. The van der Waals surface area contributed by atoms with Gasteiger partial charge in [-0.05, 0) is 42.7 Å². The SMILES string of the molecule is Cc1nc(-n2nccn2)c(Cl)cc1NC(=O)c1ccn(-c2cccc3nnsc23)c1C(F)(F)F. The summed E-state index contributed by atoms with van der Waals surface area (Å²) in [6.45, 7) is 1.58. The van der Waals surface area contributed by atoms with Gasteiger partial charge in [0, 0.05) is 6.20 Å². The molecule has 1 aromatic carbocycles. The first kappa shape index (κ1) is 22.0. The Balaban J connectivity index is 1.54. The van der Waals surface area contributed by atoms with Gasteiger partial charge in [0.15, 0.2) is 5.82 Å². The average Bonchev–Trinajstić information content (AvgIpc) is 3.55. The standard InChI is InChI=1S/C20H12ClF3N8OS/c1-10-14(9-12(21)18(27-10)32-25-6-7-26-32)28-19(33)11-5-8-31(17(11)20(22,23)24)15-4-2-3-13-16(15)34-30-29-13/h2-9H,1H3,(H,28,33). The zero-order valence-corrected chi connectivity index (χ0v) is 18.7. The van der Waals surface area contributed by atoms with Crippen LogP contribution in [0.5, 0.6) is 0 Å². The van der Waals surface area contributed by atoms with E-state index >= 15 is 0 Å². The van der Waals surface area contributed by atoms with Gasteiger partial charge < -0.3 is 9.88 Å². The molecule has 9 nitrogen and oxygen atoms in total. The molecule has 0 aliphatic rings. The lowest BCUT2D eigenvalue weighted by Crippen LogP contribution is -2.21. The van der Waals surface area contributed by atoms with Crippen molar-refractivity contribution in [3.63, 3.8) is 0 Å². The van der Waals surface area contributed by atoms with E-state index in [4.69, 9.17) is 11.6 Å². The maximum Gasteiger partial charge on any atom is 0.432 e. The van der Waals surface area contributed by atoms with Crippen LogP contribution in [-0.4, -0.2) is 40.0 Å². The number of anilines is 1. The molecule has 1 N–H and O–H groups in total. The van der Waals surface area contributed by atoms with Gasteiger partial charge in [-0.3, -0.25) is 4.79 Å². The van der Waals surface area contributed by atoms with Crippen LogP contribution in [0.25, 0.3) is 21.7 Å². The van der Waals surface area contributed by atoms with Crippen molar-refractivity contribution in [1.29, 1.82) is 0 Å². The number of aromatic nitrogens is 7. The lowest BCUT2D eigenvalue weighted by atomic mass is 10.2. The summed E-state index contributed by atoms with van der Waals surface area (Å²) in [4.78, 5) is 18.4. The number of benzene rings is 1. The Labute approximate surface area is 198 Å². The van der Waals surface area contributed by atoms with Crippen molar-refractivity contribution in [2.45, 2.75) is 13.1 Å². The molecule has 14 heteroatoms. The molecule has 34 heavy (non-hydrogen) atoms. The molecule has 0 radical (unpaired) electrons. The fraction of sp³-hybridized carbons (Fsp3) is 0.100. The molecule has 5 rings (SSSR count). The maximum absolute atomic E-state index is 14.1. The summed E-state index contributed by atoms with van der Waals surface area (Å²) in [5, 5.41) is 14.4. The van der Waals surface area contributed by atoms with Gasteiger partial charge in [-0.1, -0.05) is 22.2 Å². The van der Waals surface area contributed by atoms with Gasteiger partial charge in [0.05, 0.1) is 44.7 Å². The fourth-order valence-corrected chi connectivity index (χ4v) is 4.34. The predicted octanol–water partition coefficient (Wildman–Crippen LogP) is 4.69. The van der Waals surface area contributed by atoms with Crippen LogP contribution in [0.2, 0.25) is 5.02 Å². The molecular weight excluding hydrogens is 493 g/mol. The van der Waals surface area contributed by atoms with Crippen LogP contribution in [0.15, 0.2) is 48.9 Å². The first-order valence-corrected chi connectivity index (χ1v) is 10.7. The summed E-state index contributed by atoms with van der Waals surface area (Å²) in [5.74, 6) is -0.748. The normalized spacial score (nSPS) is 11.8. The number of halogens is 4. The summed E-state index contributed by atoms with van der Waals surface area (Å²) >= 11 is 7.21.